The topological polar surface area (TPSA) is 58.6 Å². The first kappa shape index (κ1) is 16.0. The van der Waals surface area contributed by atoms with E-state index in [1.54, 1.807) is 4.90 Å². The monoisotopic (exact) mass is 270 g/mol. The molecule has 0 radical (unpaired) electrons. The molecule has 0 aliphatic carbocycles. The summed E-state index contributed by atoms with van der Waals surface area (Å²) in [5, 5.41) is 3.10. The lowest BCUT2D eigenvalue weighted by atomic mass is 10.1. The third kappa shape index (κ3) is 5.19. The molecule has 5 heteroatoms. The van der Waals surface area contributed by atoms with Crippen molar-refractivity contribution >= 4 is 11.9 Å². The van der Waals surface area contributed by atoms with Gasteiger partial charge in [-0.25, -0.2) is 4.79 Å². The van der Waals surface area contributed by atoms with Crippen LogP contribution in [0.15, 0.2) is 0 Å². The van der Waals surface area contributed by atoms with Crippen LogP contribution in [0.4, 0.5) is 4.79 Å². The van der Waals surface area contributed by atoms with Crippen molar-refractivity contribution in [1.82, 2.24) is 10.2 Å². The molecule has 0 bridgehead atoms. The van der Waals surface area contributed by atoms with E-state index >= 15 is 0 Å². The molecular formula is C14H26N2O3. The van der Waals surface area contributed by atoms with Crippen LogP contribution >= 0.6 is 0 Å². The molecule has 0 unspecified atom stereocenters. The first-order valence-corrected chi connectivity index (χ1v) is 6.96. The van der Waals surface area contributed by atoms with E-state index in [1.165, 1.54) is 0 Å². The Bertz CT molecular complexity index is 334. The standard InChI is InChI=1S/C14H26N2O3/c1-10(2)15-9-12(17)11-7-6-8-16(11)13(18)19-14(3,4)5/h10-11,15H,6-9H2,1-5H3/t11-/m0/s1. The minimum atomic E-state index is -0.524. The zero-order chi connectivity index (χ0) is 14.6. The van der Waals surface area contributed by atoms with Gasteiger partial charge in [-0.05, 0) is 33.6 Å². The Balaban J connectivity index is 2.58. The number of Topliss-reactive ketones (excluding diaryl/α,β-unsaturated/α-hetero) is 1. The van der Waals surface area contributed by atoms with Gasteiger partial charge in [0.1, 0.15) is 5.60 Å². The average Bonchev–Trinajstić information content (AvgIpc) is 2.72. The molecule has 1 rings (SSSR count). The van der Waals surface area contributed by atoms with Gasteiger partial charge in [-0.15, -0.1) is 0 Å². The molecule has 0 aromatic rings. The van der Waals surface area contributed by atoms with Crippen molar-refractivity contribution in [3.63, 3.8) is 0 Å². The molecule has 1 aliphatic rings. The molecule has 1 amide bonds. The van der Waals surface area contributed by atoms with Gasteiger partial charge in [0, 0.05) is 12.6 Å². The van der Waals surface area contributed by atoms with Crippen LogP contribution in [-0.4, -0.2) is 47.6 Å². The van der Waals surface area contributed by atoms with Crippen molar-refractivity contribution in [3.05, 3.63) is 0 Å². The van der Waals surface area contributed by atoms with Gasteiger partial charge in [-0.2, -0.15) is 0 Å². The number of carbonyl (C=O) groups is 2. The van der Waals surface area contributed by atoms with Gasteiger partial charge >= 0.3 is 6.09 Å². The van der Waals surface area contributed by atoms with Crippen molar-refractivity contribution in [3.8, 4) is 0 Å². The summed E-state index contributed by atoms with van der Waals surface area (Å²) in [5.74, 6) is 0.0667. The highest BCUT2D eigenvalue weighted by atomic mass is 16.6. The van der Waals surface area contributed by atoms with E-state index < -0.39 is 5.60 Å². The molecule has 19 heavy (non-hydrogen) atoms. The first-order chi connectivity index (χ1) is 8.70. The Hall–Kier alpha value is -1.10. The molecular weight excluding hydrogens is 244 g/mol. The summed E-state index contributed by atoms with van der Waals surface area (Å²) in [4.78, 5) is 25.7. The van der Waals surface area contributed by atoms with Crippen LogP contribution in [0.5, 0.6) is 0 Å². The van der Waals surface area contributed by atoms with Crippen molar-refractivity contribution in [1.29, 1.82) is 0 Å². The molecule has 0 saturated carbocycles. The van der Waals surface area contributed by atoms with Crippen LogP contribution in [0.25, 0.3) is 0 Å². The average molecular weight is 270 g/mol. The molecule has 110 valence electrons. The molecule has 0 spiro atoms. The molecule has 0 aromatic heterocycles. The maximum absolute atomic E-state index is 12.1. The Labute approximate surface area is 115 Å². The number of amides is 1. The maximum Gasteiger partial charge on any atom is 0.410 e. The van der Waals surface area contributed by atoms with Gasteiger partial charge < -0.3 is 10.1 Å². The number of rotatable bonds is 4. The maximum atomic E-state index is 12.1. The summed E-state index contributed by atoms with van der Waals surface area (Å²) in [7, 11) is 0. The SMILES string of the molecule is CC(C)NCC(=O)[C@@H]1CCCN1C(=O)OC(C)(C)C. The highest BCUT2D eigenvalue weighted by molar-refractivity contribution is 5.89. The minimum Gasteiger partial charge on any atom is -0.444 e. The fourth-order valence-electron chi connectivity index (χ4n) is 2.06. The zero-order valence-corrected chi connectivity index (χ0v) is 12.7. The van der Waals surface area contributed by atoms with E-state index in [9.17, 15) is 9.59 Å². The van der Waals surface area contributed by atoms with Crippen molar-refractivity contribution < 1.29 is 14.3 Å². The van der Waals surface area contributed by atoms with Gasteiger partial charge in [0.15, 0.2) is 5.78 Å². The second kappa shape index (κ2) is 6.37. The largest absolute Gasteiger partial charge is 0.444 e. The number of nitrogens with zero attached hydrogens (tertiary/aromatic N) is 1. The smallest absolute Gasteiger partial charge is 0.410 e. The summed E-state index contributed by atoms with van der Waals surface area (Å²) in [6.07, 6.45) is 1.21. The molecule has 1 saturated heterocycles. The minimum absolute atomic E-state index is 0.0667. The third-order valence-corrected chi connectivity index (χ3v) is 2.94. The van der Waals surface area contributed by atoms with E-state index in [2.05, 4.69) is 5.32 Å². The van der Waals surface area contributed by atoms with Gasteiger partial charge in [0.05, 0.1) is 12.6 Å². The Morgan fingerprint density at radius 3 is 2.53 bits per heavy atom. The normalized spacial score (nSPS) is 19.9. The number of hydrogen-bond donors (Lipinski definition) is 1. The van der Waals surface area contributed by atoms with Crippen molar-refractivity contribution in [2.45, 2.75) is 65.1 Å². The lowest BCUT2D eigenvalue weighted by molar-refractivity contribution is -0.122. The lowest BCUT2D eigenvalue weighted by Gasteiger charge is -2.28. The molecule has 1 fully saturated rings. The summed E-state index contributed by atoms with van der Waals surface area (Å²) in [6.45, 7) is 10.4. The summed E-state index contributed by atoms with van der Waals surface area (Å²) >= 11 is 0. The molecule has 5 nitrogen and oxygen atoms in total. The molecule has 1 N–H and O–H groups in total. The van der Waals surface area contributed by atoms with E-state index in [-0.39, 0.29) is 24.0 Å². The van der Waals surface area contributed by atoms with Crippen molar-refractivity contribution in [2.24, 2.45) is 0 Å². The summed E-state index contributed by atoms with van der Waals surface area (Å²) < 4.78 is 5.34. The highest BCUT2D eigenvalue weighted by Crippen LogP contribution is 2.21. The highest BCUT2D eigenvalue weighted by Gasteiger charge is 2.36. The first-order valence-electron chi connectivity index (χ1n) is 6.96. The van der Waals surface area contributed by atoms with E-state index in [1.807, 2.05) is 34.6 Å². The fourth-order valence-corrected chi connectivity index (χ4v) is 2.06. The summed E-state index contributed by atoms with van der Waals surface area (Å²) in [6, 6.07) is -0.0681. The van der Waals surface area contributed by atoms with Crippen LogP contribution in [-0.2, 0) is 9.53 Å². The fraction of sp³-hybridized carbons (Fsp3) is 0.857. The number of carbonyl (C=O) groups excluding carboxylic acids is 2. The van der Waals surface area contributed by atoms with Gasteiger partial charge in [0.2, 0.25) is 0 Å². The van der Waals surface area contributed by atoms with Gasteiger partial charge in [0.25, 0.3) is 0 Å². The van der Waals surface area contributed by atoms with Crippen LogP contribution < -0.4 is 5.32 Å². The van der Waals surface area contributed by atoms with E-state index in [0.717, 1.165) is 12.8 Å². The number of hydrogen-bond acceptors (Lipinski definition) is 4. The zero-order valence-electron chi connectivity index (χ0n) is 12.7. The molecule has 1 aliphatic heterocycles. The van der Waals surface area contributed by atoms with Crippen LogP contribution in [0, 0.1) is 0 Å². The molecule has 0 aromatic carbocycles. The van der Waals surface area contributed by atoms with Gasteiger partial charge in [-0.1, -0.05) is 13.8 Å². The quantitative estimate of drug-likeness (QED) is 0.848. The third-order valence-electron chi connectivity index (χ3n) is 2.94. The predicted octanol–water partition coefficient (Wildman–Crippen LogP) is 1.95. The predicted molar refractivity (Wildman–Crippen MR) is 74.1 cm³/mol. The van der Waals surface area contributed by atoms with E-state index in [0.29, 0.717) is 13.1 Å². The van der Waals surface area contributed by atoms with Crippen LogP contribution in [0.2, 0.25) is 0 Å². The van der Waals surface area contributed by atoms with Gasteiger partial charge in [-0.3, -0.25) is 9.69 Å². The second-order valence-corrected chi connectivity index (χ2v) is 6.33. The molecule has 1 atom stereocenters. The van der Waals surface area contributed by atoms with Crippen molar-refractivity contribution in [2.75, 3.05) is 13.1 Å². The lowest BCUT2D eigenvalue weighted by Crippen LogP contribution is -2.46. The van der Waals surface area contributed by atoms with Crippen LogP contribution in [0.3, 0.4) is 0 Å². The summed E-state index contributed by atoms with van der Waals surface area (Å²) in [5.41, 5.74) is -0.524. The Morgan fingerprint density at radius 2 is 2.00 bits per heavy atom. The number of likely N-dealkylation sites (tertiary alicyclic amines) is 1. The van der Waals surface area contributed by atoms with Crippen LogP contribution in [0.1, 0.15) is 47.5 Å². The number of ketones is 1. The Kier molecular flexibility index (Phi) is 5.35. The second-order valence-electron chi connectivity index (χ2n) is 6.33. The number of nitrogens with one attached hydrogen (secondary N) is 1. The molecule has 1 heterocycles. The Morgan fingerprint density at radius 1 is 1.37 bits per heavy atom. The van der Waals surface area contributed by atoms with E-state index in [4.69, 9.17) is 4.74 Å². The number of ether oxygens (including phenoxy) is 1.